The van der Waals surface area contributed by atoms with Crippen molar-refractivity contribution < 1.29 is 19.1 Å². The molecule has 0 unspecified atom stereocenters. The van der Waals surface area contributed by atoms with E-state index in [-0.39, 0.29) is 16.6 Å². The van der Waals surface area contributed by atoms with Crippen molar-refractivity contribution >= 4 is 16.9 Å². The van der Waals surface area contributed by atoms with Gasteiger partial charge in [0.15, 0.2) is 5.43 Å². The number of hydrogen-bond acceptors (Lipinski definition) is 5. The van der Waals surface area contributed by atoms with Crippen molar-refractivity contribution in [3.8, 4) is 22.8 Å². The summed E-state index contributed by atoms with van der Waals surface area (Å²) in [6.07, 6.45) is 0. The number of carbonyl (C=O) groups excluding carboxylic acids is 1. The molecule has 0 bridgehead atoms. The van der Waals surface area contributed by atoms with Crippen LogP contribution in [0.25, 0.3) is 22.3 Å². The molecule has 3 rings (SSSR count). The van der Waals surface area contributed by atoms with Gasteiger partial charge in [-0.05, 0) is 48.9 Å². The third kappa shape index (κ3) is 2.94. The summed E-state index contributed by atoms with van der Waals surface area (Å²) >= 11 is 0. The van der Waals surface area contributed by atoms with Gasteiger partial charge in [-0.2, -0.15) is 0 Å². The second-order valence-electron chi connectivity index (χ2n) is 5.25. The normalized spacial score (nSPS) is 10.7. The van der Waals surface area contributed by atoms with Gasteiger partial charge >= 0.3 is 5.97 Å². The Balaban J connectivity index is 2.10. The summed E-state index contributed by atoms with van der Waals surface area (Å²) in [6, 6.07) is 11.2. The molecule has 5 nitrogen and oxygen atoms in total. The van der Waals surface area contributed by atoms with Crippen LogP contribution in [-0.4, -0.2) is 11.1 Å². The van der Waals surface area contributed by atoms with Gasteiger partial charge in [0.1, 0.15) is 28.2 Å². The molecule has 0 aliphatic rings. The highest BCUT2D eigenvalue weighted by Crippen LogP contribution is 2.28. The van der Waals surface area contributed by atoms with Gasteiger partial charge in [0.2, 0.25) is 0 Å². The molecule has 0 spiro atoms. The molecule has 0 amide bonds. The van der Waals surface area contributed by atoms with Crippen molar-refractivity contribution in [1.82, 2.24) is 0 Å². The average molecular weight is 310 g/mol. The topological polar surface area (TPSA) is 76.7 Å². The maximum absolute atomic E-state index is 12.2. The first-order valence-corrected chi connectivity index (χ1v) is 7.00. The van der Waals surface area contributed by atoms with Crippen LogP contribution in [0.3, 0.4) is 0 Å². The quantitative estimate of drug-likeness (QED) is 0.580. The van der Waals surface area contributed by atoms with Gasteiger partial charge < -0.3 is 14.3 Å². The van der Waals surface area contributed by atoms with Crippen LogP contribution in [0.5, 0.6) is 11.5 Å². The van der Waals surface area contributed by atoms with Crippen molar-refractivity contribution in [3.05, 3.63) is 58.3 Å². The molecule has 5 heteroatoms. The molecular formula is C18H14O5. The number of fused-ring (bicyclic) bond motifs is 1. The van der Waals surface area contributed by atoms with Gasteiger partial charge in [-0.25, -0.2) is 0 Å². The molecule has 0 saturated heterocycles. The maximum Gasteiger partial charge on any atom is 0.308 e. The number of esters is 1. The van der Waals surface area contributed by atoms with Crippen LogP contribution in [0.2, 0.25) is 0 Å². The molecular weight excluding hydrogens is 296 g/mol. The molecule has 0 atom stereocenters. The van der Waals surface area contributed by atoms with E-state index >= 15 is 0 Å². The Bertz CT molecular complexity index is 952. The van der Waals surface area contributed by atoms with Gasteiger partial charge in [0, 0.05) is 18.6 Å². The zero-order valence-corrected chi connectivity index (χ0v) is 12.6. The Hall–Kier alpha value is -3.08. The average Bonchev–Trinajstić information content (AvgIpc) is 2.46. The molecule has 1 aromatic heterocycles. The number of aryl methyl sites for hydroxylation is 1. The van der Waals surface area contributed by atoms with Crippen LogP contribution < -0.4 is 10.2 Å². The van der Waals surface area contributed by atoms with E-state index in [0.717, 1.165) is 5.56 Å². The molecule has 0 saturated carbocycles. The Morgan fingerprint density at radius 1 is 1.13 bits per heavy atom. The van der Waals surface area contributed by atoms with E-state index in [9.17, 15) is 14.7 Å². The van der Waals surface area contributed by atoms with E-state index in [4.69, 9.17) is 9.15 Å². The van der Waals surface area contributed by atoms with Crippen LogP contribution in [-0.2, 0) is 4.79 Å². The maximum atomic E-state index is 12.2. The summed E-state index contributed by atoms with van der Waals surface area (Å²) in [5, 5.41) is 10.1. The fraction of sp³-hybridized carbons (Fsp3) is 0.111. The fourth-order valence-corrected chi connectivity index (χ4v) is 2.40. The predicted molar refractivity (Wildman–Crippen MR) is 85.6 cm³/mol. The second-order valence-corrected chi connectivity index (χ2v) is 5.25. The minimum absolute atomic E-state index is 0.0921. The number of aromatic hydroxyl groups is 1. The standard InChI is InChI=1S/C18H14O5/c1-10-7-14(20)18-15(21)9-16(23-17(18)8-10)12-3-5-13(6-4-12)22-11(2)19/h3-9,20H,1-2H3. The van der Waals surface area contributed by atoms with Crippen molar-refractivity contribution in [3.63, 3.8) is 0 Å². The molecule has 2 aromatic carbocycles. The minimum atomic E-state index is -0.402. The monoisotopic (exact) mass is 310 g/mol. The lowest BCUT2D eigenvalue weighted by Gasteiger charge is -2.06. The molecule has 23 heavy (non-hydrogen) atoms. The van der Waals surface area contributed by atoms with Crippen LogP contribution in [0.4, 0.5) is 0 Å². The van der Waals surface area contributed by atoms with E-state index in [2.05, 4.69) is 0 Å². The smallest absolute Gasteiger partial charge is 0.308 e. The summed E-state index contributed by atoms with van der Waals surface area (Å²) in [6.45, 7) is 3.13. The Labute approximate surface area is 131 Å². The van der Waals surface area contributed by atoms with Crippen molar-refractivity contribution in [2.24, 2.45) is 0 Å². The molecule has 1 N–H and O–H groups in total. The molecule has 0 fully saturated rings. The molecule has 1 heterocycles. The summed E-state index contributed by atoms with van der Waals surface area (Å²) in [5.74, 6) is 0.297. The molecule has 116 valence electrons. The first kappa shape index (κ1) is 14.8. The summed E-state index contributed by atoms with van der Waals surface area (Å²) in [7, 11) is 0. The van der Waals surface area contributed by atoms with E-state index < -0.39 is 5.97 Å². The Kier molecular flexibility index (Phi) is 3.62. The lowest BCUT2D eigenvalue weighted by molar-refractivity contribution is -0.131. The summed E-state index contributed by atoms with van der Waals surface area (Å²) in [5.41, 5.74) is 1.47. The molecule has 0 aliphatic heterocycles. The predicted octanol–water partition coefficient (Wildman–Crippen LogP) is 3.40. The van der Waals surface area contributed by atoms with Crippen molar-refractivity contribution in [2.75, 3.05) is 0 Å². The van der Waals surface area contributed by atoms with Crippen molar-refractivity contribution in [2.45, 2.75) is 13.8 Å². The van der Waals surface area contributed by atoms with Crippen molar-refractivity contribution in [1.29, 1.82) is 0 Å². The third-order valence-corrected chi connectivity index (χ3v) is 3.35. The third-order valence-electron chi connectivity index (χ3n) is 3.35. The van der Waals surface area contributed by atoms with Gasteiger partial charge in [0.05, 0.1) is 0 Å². The zero-order chi connectivity index (χ0) is 16.6. The second kappa shape index (κ2) is 5.61. The Morgan fingerprint density at radius 3 is 2.48 bits per heavy atom. The SMILES string of the molecule is CC(=O)Oc1ccc(-c2cc(=O)c3c(O)cc(C)cc3o2)cc1. The Morgan fingerprint density at radius 2 is 1.83 bits per heavy atom. The number of ether oxygens (including phenoxy) is 1. The van der Waals surface area contributed by atoms with E-state index in [1.54, 1.807) is 37.3 Å². The minimum Gasteiger partial charge on any atom is -0.507 e. The van der Waals surface area contributed by atoms with Gasteiger partial charge in [-0.15, -0.1) is 0 Å². The van der Waals surface area contributed by atoms with E-state index in [1.807, 2.05) is 0 Å². The highest BCUT2D eigenvalue weighted by atomic mass is 16.5. The van der Waals surface area contributed by atoms with Gasteiger partial charge in [0.25, 0.3) is 0 Å². The number of benzene rings is 2. The van der Waals surface area contributed by atoms with Gasteiger partial charge in [-0.1, -0.05) is 0 Å². The largest absolute Gasteiger partial charge is 0.507 e. The molecule has 3 aromatic rings. The lowest BCUT2D eigenvalue weighted by atomic mass is 10.1. The number of phenols is 1. The number of carbonyl (C=O) groups is 1. The zero-order valence-electron chi connectivity index (χ0n) is 12.6. The highest BCUT2D eigenvalue weighted by Gasteiger charge is 2.11. The first-order valence-electron chi connectivity index (χ1n) is 7.00. The summed E-state index contributed by atoms with van der Waals surface area (Å²) in [4.78, 5) is 23.1. The van der Waals surface area contributed by atoms with Crippen LogP contribution in [0, 0.1) is 6.92 Å². The van der Waals surface area contributed by atoms with E-state index in [1.165, 1.54) is 19.1 Å². The number of rotatable bonds is 2. The highest BCUT2D eigenvalue weighted by molar-refractivity contribution is 5.85. The molecule has 0 radical (unpaired) electrons. The fourth-order valence-electron chi connectivity index (χ4n) is 2.40. The summed E-state index contributed by atoms with van der Waals surface area (Å²) < 4.78 is 10.7. The van der Waals surface area contributed by atoms with Crippen LogP contribution in [0.15, 0.2) is 51.7 Å². The van der Waals surface area contributed by atoms with Crippen LogP contribution >= 0.6 is 0 Å². The first-order chi connectivity index (χ1) is 10.9. The molecule has 0 aliphatic carbocycles. The van der Waals surface area contributed by atoms with Gasteiger partial charge in [-0.3, -0.25) is 9.59 Å². The number of phenolic OH excluding ortho intramolecular Hbond substituents is 1. The number of hydrogen-bond donors (Lipinski definition) is 1. The van der Waals surface area contributed by atoms with E-state index in [0.29, 0.717) is 22.7 Å². The van der Waals surface area contributed by atoms with Crippen LogP contribution in [0.1, 0.15) is 12.5 Å². The lowest BCUT2D eigenvalue weighted by Crippen LogP contribution is -2.02.